The third-order valence-electron chi connectivity index (χ3n) is 5.83. The lowest BCUT2D eigenvalue weighted by Gasteiger charge is -2.32. The first-order valence-corrected chi connectivity index (χ1v) is 12.1. The molecule has 0 aliphatic carbocycles. The number of nitrogens with zero attached hydrogens (tertiary/aromatic N) is 2. The van der Waals surface area contributed by atoms with Gasteiger partial charge in [-0.2, -0.15) is 4.31 Å². The molecular formula is C21H31N3O5S. The lowest BCUT2D eigenvalue weighted by Crippen LogP contribution is -2.43. The van der Waals surface area contributed by atoms with E-state index < -0.39 is 10.0 Å². The topological polar surface area (TPSA) is 96.0 Å². The van der Waals surface area contributed by atoms with Crippen LogP contribution in [0.15, 0.2) is 23.1 Å². The first-order chi connectivity index (χ1) is 14.4. The number of sulfonamides is 1. The Morgan fingerprint density at radius 2 is 1.87 bits per heavy atom. The molecule has 2 fully saturated rings. The molecule has 9 heteroatoms. The third-order valence-corrected chi connectivity index (χ3v) is 7.72. The van der Waals surface area contributed by atoms with Crippen LogP contribution in [0.2, 0.25) is 0 Å². The van der Waals surface area contributed by atoms with Crippen LogP contribution >= 0.6 is 0 Å². The smallest absolute Gasteiger partial charge is 0.243 e. The SMILES string of the molecule is CCC(=O)N1CCCC(C(=O)Nc2cc(S(=O)(=O)N3CCCCC3)ccc2OC)C1. The van der Waals surface area contributed by atoms with Crippen molar-refractivity contribution in [1.82, 2.24) is 9.21 Å². The summed E-state index contributed by atoms with van der Waals surface area (Å²) in [5, 5.41) is 2.84. The Balaban J connectivity index is 1.78. The second-order valence-electron chi connectivity index (χ2n) is 7.85. The van der Waals surface area contributed by atoms with Gasteiger partial charge in [0, 0.05) is 32.6 Å². The number of carbonyl (C=O) groups is 2. The number of nitrogens with one attached hydrogen (secondary N) is 1. The van der Waals surface area contributed by atoms with Crippen LogP contribution < -0.4 is 10.1 Å². The van der Waals surface area contributed by atoms with E-state index in [1.165, 1.54) is 23.5 Å². The van der Waals surface area contributed by atoms with Gasteiger partial charge in [0.2, 0.25) is 21.8 Å². The quantitative estimate of drug-likeness (QED) is 0.738. The second-order valence-corrected chi connectivity index (χ2v) is 9.79. The van der Waals surface area contributed by atoms with Crippen molar-refractivity contribution in [2.45, 2.75) is 50.3 Å². The summed E-state index contributed by atoms with van der Waals surface area (Å²) in [6.07, 6.45) is 4.62. The van der Waals surface area contributed by atoms with Gasteiger partial charge in [0.05, 0.1) is 23.6 Å². The predicted molar refractivity (Wildman–Crippen MR) is 114 cm³/mol. The molecule has 30 heavy (non-hydrogen) atoms. The number of hydrogen-bond donors (Lipinski definition) is 1. The van der Waals surface area contributed by atoms with Gasteiger partial charge in [0.15, 0.2) is 0 Å². The summed E-state index contributed by atoms with van der Waals surface area (Å²) >= 11 is 0. The number of hydrogen-bond acceptors (Lipinski definition) is 5. The maximum atomic E-state index is 13.0. The largest absolute Gasteiger partial charge is 0.495 e. The van der Waals surface area contributed by atoms with Gasteiger partial charge in [-0.3, -0.25) is 9.59 Å². The Morgan fingerprint density at radius 3 is 2.53 bits per heavy atom. The molecule has 2 aliphatic heterocycles. The van der Waals surface area contributed by atoms with Crippen LogP contribution in [0, 0.1) is 5.92 Å². The molecule has 2 amide bonds. The van der Waals surface area contributed by atoms with E-state index in [1.807, 2.05) is 6.92 Å². The summed E-state index contributed by atoms with van der Waals surface area (Å²) in [6, 6.07) is 4.55. The first kappa shape index (κ1) is 22.6. The van der Waals surface area contributed by atoms with Gasteiger partial charge < -0.3 is 15.0 Å². The lowest BCUT2D eigenvalue weighted by atomic mass is 9.96. The van der Waals surface area contributed by atoms with Gasteiger partial charge in [-0.05, 0) is 43.9 Å². The van der Waals surface area contributed by atoms with E-state index in [1.54, 1.807) is 11.0 Å². The molecule has 0 aromatic heterocycles. The summed E-state index contributed by atoms with van der Waals surface area (Å²) in [6.45, 7) is 3.89. The lowest BCUT2D eigenvalue weighted by molar-refractivity contribution is -0.134. The number of methoxy groups -OCH3 is 1. The predicted octanol–water partition coefficient (Wildman–Crippen LogP) is 2.46. The Morgan fingerprint density at radius 1 is 1.13 bits per heavy atom. The van der Waals surface area contributed by atoms with E-state index in [2.05, 4.69) is 5.32 Å². The number of piperidine rings is 2. The van der Waals surface area contributed by atoms with Crippen molar-refractivity contribution in [3.63, 3.8) is 0 Å². The normalized spacial score (nSPS) is 20.6. The monoisotopic (exact) mass is 437 g/mol. The molecule has 166 valence electrons. The molecule has 0 radical (unpaired) electrons. The van der Waals surface area contributed by atoms with Crippen LogP contribution in [-0.4, -0.2) is 62.7 Å². The van der Waals surface area contributed by atoms with Gasteiger partial charge in [0.25, 0.3) is 0 Å². The van der Waals surface area contributed by atoms with Gasteiger partial charge in [-0.15, -0.1) is 0 Å². The Bertz CT molecular complexity index is 881. The number of ether oxygens (including phenoxy) is 1. The standard InChI is InChI=1S/C21H31N3O5S/c1-3-20(25)23-11-7-8-16(15-23)21(26)22-18-14-17(9-10-19(18)29-2)30(27,28)24-12-5-4-6-13-24/h9-10,14,16H,3-8,11-13,15H2,1-2H3,(H,22,26). The Kier molecular flexibility index (Phi) is 7.36. The third kappa shape index (κ3) is 4.95. The van der Waals surface area contributed by atoms with Crippen molar-refractivity contribution in [3.8, 4) is 5.75 Å². The molecule has 8 nitrogen and oxygen atoms in total. The average Bonchev–Trinajstić information content (AvgIpc) is 2.79. The van der Waals surface area contributed by atoms with Crippen LogP contribution in [0.1, 0.15) is 45.4 Å². The molecule has 2 heterocycles. The van der Waals surface area contributed by atoms with E-state index in [0.29, 0.717) is 50.5 Å². The molecule has 0 saturated carbocycles. The van der Waals surface area contributed by atoms with Crippen LogP contribution in [0.5, 0.6) is 5.75 Å². The molecule has 1 N–H and O–H groups in total. The first-order valence-electron chi connectivity index (χ1n) is 10.6. The number of anilines is 1. The Labute approximate surface area is 178 Å². The molecule has 1 aromatic rings. The van der Waals surface area contributed by atoms with Gasteiger partial charge in [0.1, 0.15) is 5.75 Å². The van der Waals surface area contributed by atoms with Gasteiger partial charge >= 0.3 is 0 Å². The van der Waals surface area contributed by atoms with Gasteiger partial charge in [-0.25, -0.2) is 8.42 Å². The zero-order chi connectivity index (χ0) is 21.7. The van der Waals surface area contributed by atoms with E-state index >= 15 is 0 Å². The minimum absolute atomic E-state index is 0.0414. The summed E-state index contributed by atoms with van der Waals surface area (Å²) in [4.78, 5) is 26.8. The zero-order valence-electron chi connectivity index (χ0n) is 17.7. The van der Waals surface area contributed by atoms with Crippen LogP contribution in [0.3, 0.4) is 0 Å². The molecule has 0 bridgehead atoms. The summed E-state index contributed by atoms with van der Waals surface area (Å²) in [7, 11) is -2.14. The van der Waals surface area contributed by atoms with Crippen molar-refractivity contribution in [1.29, 1.82) is 0 Å². The molecule has 2 saturated heterocycles. The minimum atomic E-state index is -3.62. The summed E-state index contributed by atoms with van der Waals surface area (Å²) in [5.74, 6) is -0.117. The maximum absolute atomic E-state index is 13.0. The second kappa shape index (κ2) is 9.78. The highest BCUT2D eigenvalue weighted by molar-refractivity contribution is 7.89. The van der Waals surface area contributed by atoms with Gasteiger partial charge in [-0.1, -0.05) is 13.3 Å². The molecular weight excluding hydrogens is 406 g/mol. The van der Waals surface area contributed by atoms with Crippen molar-refractivity contribution < 1.29 is 22.7 Å². The van der Waals surface area contributed by atoms with Crippen LogP contribution in [0.25, 0.3) is 0 Å². The fraction of sp³-hybridized carbons (Fsp3) is 0.619. The van der Waals surface area contributed by atoms with Crippen molar-refractivity contribution in [2.75, 3.05) is 38.6 Å². The highest BCUT2D eigenvalue weighted by Crippen LogP contribution is 2.31. The van der Waals surface area contributed by atoms with Crippen molar-refractivity contribution >= 4 is 27.5 Å². The number of carbonyl (C=O) groups excluding carboxylic acids is 2. The number of benzene rings is 1. The van der Waals surface area contributed by atoms with E-state index in [4.69, 9.17) is 4.74 Å². The number of likely N-dealkylation sites (tertiary alicyclic amines) is 1. The van der Waals surface area contributed by atoms with Crippen molar-refractivity contribution in [3.05, 3.63) is 18.2 Å². The highest BCUT2D eigenvalue weighted by Gasteiger charge is 2.30. The molecule has 1 atom stereocenters. The summed E-state index contributed by atoms with van der Waals surface area (Å²) < 4.78 is 32.8. The molecule has 2 aliphatic rings. The van der Waals surface area contributed by atoms with Crippen LogP contribution in [-0.2, 0) is 19.6 Å². The molecule has 1 aromatic carbocycles. The zero-order valence-corrected chi connectivity index (χ0v) is 18.5. The average molecular weight is 438 g/mol. The minimum Gasteiger partial charge on any atom is -0.495 e. The number of amides is 2. The molecule has 3 rings (SSSR count). The van der Waals surface area contributed by atoms with Crippen LogP contribution in [0.4, 0.5) is 5.69 Å². The van der Waals surface area contributed by atoms with E-state index in [0.717, 1.165) is 25.7 Å². The highest BCUT2D eigenvalue weighted by atomic mass is 32.2. The Hall–Kier alpha value is -2.13. The number of rotatable bonds is 6. The molecule has 0 spiro atoms. The fourth-order valence-electron chi connectivity index (χ4n) is 4.08. The van der Waals surface area contributed by atoms with E-state index in [9.17, 15) is 18.0 Å². The van der Waals surface area contributed by atoms with Crippen molar-refractivity contribution in [2.24, 2.45) is 5.92 Å². The maximum Gasteiger partial charge on any atom is 0.243 e. The fourth-order valence-corrected chi connectivity index (χ4v) is 5.62. The molecule has 1 unspecified atom stereocenters. The summed E-state index contributed by atoms with van der Waals surface area (Å²) in [5.41, 5.74) is 0.333. The van der Waals surface area contributed by atoms with E-state index in [-0.39, 0.29) is 22.6 Å².